The van der Waals surface area contributed by atoms with Gasteiger partial charge >= 0.3 is 0 Å². The SMILES string of the molecule is COc1c(Br)cc(Cl)cc1S(=O)(=O)N(C)CCC(C)O. The average molecular weight is 387 g/mol. The Morgan fingerprint density at radius 1 is 1.50 bits per heavy atom. The molecule has 8 heteroatoms. The summed E-state index contributed by atoms with van der Waals surface area (Å²) >= 11 is 9.14. The molecule has 1 rings (SSSR count). The van der Waals surface area contributed by atoms with Crippen molar-refractivity contribution in [2.45, 2.75) is 24.3 Å². The molecule has 0 bridgehead atoms. The van der Waals surface area contributed by atoms with Crippen LogP contribution in [0.25, 0.3) is 0 Å². The van der Waals surface area contributed by atoms with Gasteiger partial charge in [0.15, 0.2) is 5.75 Å². The van der Waals surface area contributed by atoms with Gasteiger partial charge in [-0.15, -0.1) is 0 Å². The third-order valence-corrected chi connectivity index (χ3v) is 5.40. The van der Waals surface area contributed by atoms with Gasteiger partial charge in [0.25, 0.3) is 0 Å². The topological polar surface area (TPSA) is 66.8 Å². The normalized spacial score (nSPS) is 13.6. The Bertz CT molecular complexity index is 577. The van der Waals surface area contributed by atoms with E-state index in [-0.39, 0.29) is 17.2 Å². The molecule has 0 saturated carbocycles. The van der Waals surface area contributed by atoms with Gasteiger partial charge in [-0.05, 0) is 41.4 Å². The molecule has 0 fully saturated rings. The second-order valence-electron chi connectivity index (χ2n) is 4.38. The molecule has 114 valence electrons. The number of ether oxygens (including phenoxy) is 1. The number of aliphatic hydroxyl groups excluding tert-OH is 1. The van der Waals surface area contributed by atoms with Gasteiger partial charge in [0.05, 0.1) is 17.7 Å². The number of aliphatic hydroxyl groups is 1. The van der Waals surface area contributed by atoms with Gasteiger partial charge < -0.3 is 9.84 Å². The van der Waals surface area contributed by atoms with Crippen LogP contribution in [0.1, 0.15) is 13.3 Å². The van der Waals surface area contributed by atoms with E-state index >= 15 is 0 Å². The van der Waals surface area contributed by atoms with Gasteiger partial charge in [-0.25, -0.2) is 12.7 Å². The van der Waals surface area contributed by atoms with Crippen molar-refractivity contribution in [2.75, 3.05) is 20.7 Å². The van der Waals surface area contributed by atoms with E-state index < -0.39 is 16.1 Å². The molecule has 0 aromatic heterocycles. The van der Waals surface area contributed by atoms with Crippen LogP contribution in [-0.4, -0.2) is 44.6 Å². The Kier molecular flexibility index (Phi) is 6.27. The monoisotopic (exact) mass is 385 g/mol. The Labute approximate surface area is 132 Å². The molecule has 0 radical (unpaired) electrons. The number of hydrogen-bond acceptors (Lipinski definition) is 4. The maximum atomic E-state index is 12.5. The van der Waals surface area contributed by atoms with E-state index in [1.54, 1.807) is 13.0 Å². The van der Waals surface area contributed by atoms with Crippen LogP contribution < -0.4 is 4.74 Å². The molecule has 0 aliphatic rings. The maximum absolute atomic E-state index is 12.5. The van der Waals surface area contributed by atoms with Crippen LogP contribution in [0.4, 0.5) is 0 Å². The third-order valence-electron chi connectivity index (χ3n) is 2.73. The zero-order chi connectivity index (χ0) is 15.5. The van der Waals surface area contributed by atoms with Gasteiger partial charge in [-0.2, -0.15) is 0 Å². The summed E-state index contributed by atoms with van der Waals surface area (Å²) < 4.78 is 31.8. The largest absolute Gasteiger partial charge is 0.494 e. The molecule has 0 aliphatic carbocycles. The fraction of sp³-hybridized carbons (Fsp3) is 0.500. The number of hydrogen-bond donors (Lipinski definition) is 1. The standard InChI is InChI=1S/C12H17BrClNO4S/c1-8(16)4-5-15(2)20(17,18)11-7-9(14)6-10(13)12(11)19-3/h6-8,16H,4-5H2,1-3H3. The minimum atomic E-state index is -3.74. The van der Waals surface area contributed by atoms with E-state index in [1.165, 1.54) is 24.5 Å². The van der Waals surface area contributed by atoms with Crippen molar-refractivity contribution in [3.63, 3.8) is 0 Å². The lowest BCUT2D eigenvalue weighted by atomic mass is 10.3. The lowest BCUT2D eigenvalue weighted by Crippen LogP contribution is -2.30. The zero-order valence-electron chi connectivity index (χ0n) is 11.4. The maximum Gasteiger partial charge on any atom is 0.246 e. The fourth-order valence-corrected chi connectivity index (χ4v) is 4.14. The summed E-state index contributed by atoms with van der Waals surface area (Å²) in [7, 11) is -0.898. The molecule has 0 saturated heterocycles. The first kappa shape index (κ1) is 17.7. The van der Waals surface area contributed by atoms with Gasteiger partial charge in [0.1, 0.15) is 4.90 Å². The van der Waals surface area contributed by atoms with Crippen LogP contribution in [0.5, 0.6) is 5.75 Å². The first-order chi connectivity index (χ1) is 9.20. The second kappa shape index (κ2) is 7.09. The zero-order valence-corrected chi connectivity index (χ0v) is 14.6. The average Bonchev–Trinajstić information content (AvgIpc) is 2.34. The predicted octanol–water partition coefficient (Wildman–Crippen LogP) is 2.50. The molecule has 1 unspecified atom stereocenters. The summed E-state index contributed by atoms with van der Waals surface area (Å²) in [6.45, 7) is 1.81. The lowest BCUT2D eigenvalue weighted by molar-refractivity contribution is 0.177. The predicted molar refractivity (Wildman–Crippen MR) is 81.8 cm³/mol. The molecule has 1 N–H and O–H groups in total. The summed E-state index contributed by atoms with van der Waals surface area (Å²) in [6, 6.07) is 2.91. The molecule has 0 spiro atoms. The van der Waals surface area contributed by atoms with Gasteiger partial charge in [-0.1, -0.05) is 11.6 Å². The van der Waals surface area contributed by atoms with Crippen LogP contribution in [-0.2, 0) is 10.0 Å². The molecule has 20 heavy (non-hydrogen) atoms. The van der Waals surface area contributed by atoms with E-state index in [0.29, 0.717) is 15.9 Å². The van der Waals surface area contributed by atoms with Crippen molar-refractivity contribution in [2.24, 2.45) is 0 Å². The second-order valence-corrected chi connectivity index (χ2v) is 7.69. The van der Waals surface area contributed by atoms with E-state index in [4.69, 9.17) is 16.3 Å². The Hall–Kier alpha value is -0.340. The molecule has 5 nitrogen and oxygen atoms in total. The number of nitrogens with zero attached hydrogens (tertiary/aromatic N) is 1. The van der Waals surface area contributed by atoms with Gasteiger partial charge in [0, 0.05) is 18.6 Å². The quantitative estimate of drug-likeness (QED) is 0.816. The molecule has 1 atom stereocenters. The summed E-state index contributed by atoms with van der Waals surface area (Å²) in [6.07, 6.45) is -0.222. The van der Waals surface area contributed by atoms with Crippen LogP contribution in [0.15, 0.2) is 21.5 Å². The highest BCUT2D eigenvalue weighted by atomic mass is 79.9. The highest BCUT2D eigenvalue weighted by molar-refractivity contribution is 9.10. The third kappa shape index (κ3) is 4.08. The summed E-state index contributed by atoms with van der Waals surface area (Å²) in [4.78, 5) is -0.00697. The van der Waals surface area contributed by atoms with Crippen molar-refractivity contribution in [3.05, 3.63) is 21.6 Å². The Balaban J connectivity index is 3.21. The van der Waals surface area contributed by atoms with E-state index in [9.17, 15) is 13.5 Å². The summed E-state index contributed by atoms with van der Waals surface area (Å²) in [5.41, 5.74) is 0. The van der Waals surface area contributed by atoms with Crippen LogP contribution >= 0.6 is 27.5 Å². The fourth-order valence-electron chi connectivity index (χ4n) is 1.58. The highest BCUT2D eigenvalue weighted by Crippen LogP contribution is 2.36. The molecule has 0 heterocycles. The highest BCUT2D eigenvalue weighted by Gasteiger charge is 2.26. The molecule has 0 amide bonds. The van der Waals surface area contributed by atoms with Gasteiger partial charge in [0.2, 0.25) is 10.0 Å². The van der Waals surface area contributed by atoms with Crippen LogP contribution in [0.3, 0.4) is 0 Å². The van der Waals surface area contributed by atoms with Crippen molar-refractivity contribution in [1.29, 1.82) is 0 Å². The van der Waals surface area contributed by atoms with E-state index in [2.05, 4.69) is 15.9 Å². The molecule has 0 aliphatic heterocycles. The minimum Gasteiger partial charge on any atom is -0.494 e. The first-order valence-corrected chi connectivity index (χ1v) is 8.48. The molecule has 1 aromatic carbocycles. The van der Waals surface area contributed by atoms with Crippen molar-refractivity contribution in [3.8, 4) is 5.75 Å². The minimum absolute atomic E-state index is 0.00697. The Morgan fingerprint density at radius 2 is 2.10 bits per heavy atom. The van der Waals surface area contributed by atoms with E-state index in [0.717, 1.165) is 0 Å². The number of rotatable bonds is 6. The molecular formula is C12H17BrClNO4S. The van der Waals surface area contributed by atoms with Crippen LogP contribution in [0, 0.1) is 0 Å². The number of methoxy groups -OCH3 is 1. The van der Waals surface area contributed by atoms with Gasteiger partial charge in [-0.3, -0.25) is 0 Å². The van der Waals surface area contributed by atoms with E-state index in [1.807, 2.05) is 0 Å². The molecule has 1 aromatic rings. The van der Waals surface area contributed by atoms with Crippen molar-refractivity contribution in [1.82, 2.24) is 4.31 Å². The Morgan fingerprint density at radius 3 is 2.60 bits per heavy atom. The summed E-state index contributed by atoms with van der Waals surface area (Å²) in [5, 5.41) is 9.54. The van der Waals surface area contributed by atoms with Crippen LogP contribution in [0.2, 0.25) is 5.02 Å². The molecular weight excluding hydrogens is 370 g/mol. The smallest absolute Gasteiger partial charge is 0.246 e. The summed E-state index contributed by atoms with van der Waals surface area (Å²) in [5.74, 6) is 0.207. The first-order valence-electron chi connectivity index (χ1n) is 5.87. The van der Waals surface area contributed by atoms with Crippen molar-refractivity contribution < 1.29 is 18.3 Å². The lowest BCUT2D eigenvalue weighted by Gasteiger charge is -2.20. The number of benzene rings is 1. The number of sulfonamides is 1. The van der Waals surface area contributed by atoms with Crippen molar-refractivity contribution >= 4 is 37.6 Å². The number of halogens is 2.